The van der Waals surface area contributed by atoms with E-state index < -0.39 is 0 Å². The van der Waals surface area contributed by atoms with Crippen LogP contribution in [0.5, 0.6) is 0 Å². The zero-order valence-electron chi connectivity index (χ0n) is 13.7. The molecule has 0 heterocycles. The van der Waals surface area contributed by atoms with Crippen LogP contribution in [0.3, 0.4) is 0 Å². The van der Waals surface area contributed by atoms with Crippen LogP contribution in [0.1, 0.15) is 45.2 Å². The first-order valence-corrected chi connectivity index (χ1v) is 7.91. The molecule has 0 aliphatic carbocycles. The van der Waals surface area contributed by atoms with Gasteiger partial charge in [0, 0.05) is 6.54 Å². The summed E-state index contributed by atoms with van der Waals surface area (Å²) in [5.41, 5.74) is 5.53. The van der Waals surface area contributed by atoms with Gasteiger partial charge in [-0.25, -0.2) is 0 Å². The Kier molecular flexibility index (Phi) is 5.19. The molecule has 0 amide bonds. The van der Waals surface area contributed by atoms with Crippen molar-refractivity contribution in [2.75, 3.05) is 6.54 Å². The highest BCUT2D eigenvalue weighted by molar-refractivity contribution is 5.64. The molecule has 1 N–H and O–H groups in total. The third-order valence-electron chi connectivity index (χ3n) is 3.77. The van der Waals surface area contributed by atoms with Crippen molar-refractivity contribution in [1.29, 1.82) is 0 Å². The van der Waals surface area contributed by atoms with E-state index in [4.69, 9.17) is 0 Å². The lowest BCUT2D eigenvalue weighted by Gasteiger charge is -2.19. The van der Waals surface area contributed by atoms with Gasteiger partial charge in [-0.2, -0.15) is 0 Å². The highest BCUT2D eigenvalue weighted by Gasteiger charge is 2.13. The number of benzene rings is 2. The Balaban J connectivity index is 2.16. The lowest BCUT2D eigenvalue weighted by atomic mass is 9.86. The van der Waals surface area contributed by atoms with Gasteiger partial charge in [-0.15, -0.1) is 0 Å². The Morgan fingerprint density at radius 1 is 0.905 bits per heavy atom. The summed E-state index contributed by atoms with van der Waals surface area (Å²) < 4.78 is 0. The van der Waals surface area contributed by atoms with Crippen molar-refractivity contribution in [2.24, 2.45) is 0 Å². The van der Waals surface area contributed by atoms with Gasteiger partial charge in [0.05, 0.1) is 0 Å². The minimum absolute atomic E-state index is 0.213. The lowest BCUT2D eigenvalue weighted by Crippen LogP contribution is -2.13. The summed E-state index contributed by atoms with van der Waals surface area (Å²) in [6, 6.07) is 17.8. The Hall–Kier alpha value is -1.60. The van der Waals surface area contributed by atoms with Crippen molar-refractivity contribution in [3.63, 3.8) is 0 Å². The average molecular weight is 281 g/mol. The third kappa shape index (κ3) is 4.44. The summed E-state index contributed by atoms with van der Waals surface area (Å²) in [4.78, 5) is 0. The molecule has 21 heavy (non-hydrogen) atoms. The number of hydrogen-bond acceptors (Lipinski definition) is 1. The molecule has 0 fully saturated rings. The predicted octanol–water partition coefficient (Wildman–Crippen LogP) is 5.15. The summed E-state index contributed by atoms with van der Waals surface area (Å²) in [5, 5.41) is 3.46. The van der Waals surface area contributed by atoms with Crippen LogP contribution in [-0.4, -0.2) is 6.54 Å². The lowest BCUT2D eigenvalue weighted by molar-refractivity contribution is 0.590. The maximum Gasteiger partial charge on any atom is 0.0205 e. The zero-order chi connectivity index (χ0) is 15.3. The molecule has 0 saturated heterocycles. The van der Waals surface area contributed by atoms with E-state index in [0.29, 0.717) is 0 Å². The first-order chi connectivity index (χ1) is 10.0. The van der Waals surface area contributed by atoms with Crippen LogP contribution < -0.4 is 5.32 Å². The quantitative estimate of drug-likeness (QED) is 0.747. The largest absolute Gasteiger partial charge is 0.313 e. The van der Waals surface area contributed by atoms with E-state index in [1.807, 2.05) is 0 Å². The second-order valence-corrected chi connectivity index (χ2v) is 6.70. The van der Waals surface area contributed by atoms with Gasteiger partial charge in [-0.05, 0) is 46.7 Å². The van der Waals surface area contributed by atoms with E-state index in [1.54, 1.807) is 0 Å². The van der Waals surface area contributed by atoms with Gasteiger partial charge in [0.25, 0.3) is 0 Å². The van der Waals surface area contributed by atoms with Crippen LogP contribution in [-0.2, 0) is 12.0 Å². The fourth-order valence-corrected chi connectivity index (χ4v) is 2.43. The van der Waals surface area contributed by atoms with Gasteiger partial charge in [0.15, 0.2) is 0 Å². The Morgan fingerprint density at radius 2 is 1.62 bits per heavy atom. The van der Waals surface area contributed by atoms with E-state index in [2.05, 4.69) is 81.5 Å². The maximum absolute atomic E-state index is 3.46. The Morgan fingerprint density at radius 3 is 2.24 bits per heavy atom. The SMILES string of the molecule is CCCNCc1cccc(-c2ccc(C(C)(C)C)cc2)c1. The number of nitrogens with one attached hydrogen (secondary N) is 1. The summed E-state index contributed by atoms with van der Waals surface area (Å²) in [6.45, 7) is 11.0. The van der Waals surface area contributed by atoms with E-state index in [9.17, 15) is 0 Å². The maximum atomic E-state index is 3.46. The molecule has 1 nitrogen and oxygen atoms in total. The minimum atomic E-state index is 0.213. The molecule has 0 bridgehead atoms. The van der Waals surface area contributed by atoms with Crippen molar-refractivity contribution >= 4 is 0 Å². The molecule has 2 aromatic rings. The fraction of sp³-hybridized carbons (Fsp3) is 0.400. The van der Waals surface area contributed by atoms with Gasteiger partial charge >= 0.3 is 0 Å². The van der Waals surface area contributed by atoms with Gasteiger partial charge in [0.1, 0.15) is 0 Å². The molecule has 0 radical (unpaired) electrons. The first kappa shape index (κ1) is 15.8. The van der Waals surface area contributed by atoms with Gasteiger partial charge in [-0.3, -0.25) is 0 Å². The van der Waals surface area contributed by atoms with Crippen LogP contribution >= 0.6 is 0 Å². The Labute approximate surface area is 129 Å². The van der Waals surface area contributed by atoms with Crippen LogP contribution in [0.15, 0.2) is 48.5 Å². The van der Waals surface area contributed by atoms with E-state index >= 15 is 0 Å². The summed E-state index contributed by atoms with van der Waals surface area (Å²) in [5.74, 6) is 0. The van der Waals surface area contributed by atoms with Gasteiger partial charge in [-0.1, -0.05) is 70.2 Å². The van der Waals surface area contributed by atoms with Crippen LogP contribution in [0.4, 0.5) is 0 Å². The van der Waals surface area contributed by atoms with E-state index in [1.165, 1.54) is 28.7 Å². The molecule has 2 aromatic carbocycles. The van der Waals surface area contributed by atoms with Crippen LogP contribution in [0.2, 0.25) is 0 Å². The van der Waals surface area contributed by atoms with E-state index in [-0.39, 0.29) is 5.41 Å². The summed E-state index contributed by atoms with van der Waals surface area (Å²) >= 11 is 0. The van der Waals surface area contributed by atoms with Crippen molar-refractivity contribution < 1.29 is 0 Å². The molecule has 0 saturated carbocycles. The van der Waals surface area contributed by atoms with Crippen molar-refractivity contribution in [2.45, 2.75) is 46.1 Å². The molecule has 0 unspecified atom stereocenters. The number of hydrogen-bond donors (Lipinski definition) is 1. The molecule has 2 rings (SSSR count). The molecule has 112 valence electrons. The zero-order valence-corrected chi connectivity index (χ0v) is 13.7. The summed E-state index contributed by atoms with van der Waals surface area (Å²) in [6.07, 6.45) is 1.17. The topological polar surface area (TPSA) is 12.0 Å². The van der Waals surface area contributed by atoms with Crippen molar-refractivity contribution in [1.82, 2.24) is 5.32 Å². The Bertz CT molecular complexity index is 561. The first-order valence-electron chi connectivity index (χ1n) is 7.91. The van der Waals surface area contributed by atoms with Gasteiger partial charge < -0.3 is 5.32 Å². The second-order valence-electron chi connectivity index (χ2n) is 6.70. The smallest absolute Gasteiger partial charge is 0.0205 e. The predicted molar refractivity (Wildman–Crippen MR) is 92.6 cm³/mol. The van der Waals surface area contributed by atoms with Crippen LogP contribution in [0, 0.1) is 0 Å². The number of rotatable bonds is 5. The molecule has 0 spiro atoms. The minimum Gasteiger partial charge on any atom is -0.313 e. The highest BCUT2D eigenvalue weighted by Crippen LogP contribution is 2.26. The molecule has 0 aliphatic rings. The average Bonchev–Trinajstić information content (AvgIpc) is 2.47. The molecule has 0 atom stereocenters. The molecular weight excluding hydrogens is 254 g/mol. The van der Waals surface area contributed by atoms with E-state index in [0.717, 1.165) is 13.1 Å². The molecule has 0 aliphatic heterocycles. The summed E-state index contributed by atoms with van der Waals surface area (Å²) in [7, 11) is 0. The van der Waals surface area contributed by atoms with Crippen LogP contribution in [0.25, 0.3) is 11.1 Å². The standard InChI is InChI=1S/C20H27N/c1-5-13-21-15-16-7-6-8-18(14-16)17-9-11-19(12-10-17)20(2,3)4/h6-12,14,21H,5,13,15H2,1-4H3. The fourth-order valence-electron chi connectivity index (χ4n) is 2.43. The highest BCUT2D eigenvalue weighted by atomic mass is 14.8. The van der Waals surface area contributed by atoms with Gasteiger partial charge in [0.2, 0.25) is 0 Å². The molecule has 1 heteroatoms. The third-order valence-corrected chi connectivity index (χ3v) is 3.77. The molecule has 0 aromatic heterocycles. The normalized spacial score (nSPS) is 11.6. The monoisotopic (exact) mass is 281 g/mol. The van der Waals surface area contributed by atoms with Crippen molar-refractivity contribution in [3.8, 4) is 11.1 Å². The second kappa shape index (κ2) is 6.91. The molecular formula is C20H27N. The van der Waals surface area contributed by atoms with Crippen molar-refractivity contribution in [3.05, 3.63) is 59.7 Å².